The first-order valence-electron chi connectivity index (χ1n) is 5.04. The van der Waals surface area contributed by atoms with E-state index >= 15 is 0 Å². The topological polar surface area (TPSA) is 114 Å². The van der Waals surface area contributed by atoms with Crippen LogP contribution in [0.15, 0.2) is 24.4 Å². The fourth-order valence-electron chi connectivity index (χ4n) is 1.32. The van der Waals surface area contributed by atoms with Gasteiger partial charge in [-0.25, -0.2) is 4.39 Å². The summed E-state index contributed by atoms with van der Waals surface area (Å²) in [5.74, 6) is -0.431. The van der Waals surface area contributed by atoms with Gasteiger partial charge in [-0.1, -0.05) is 0 Å². The number of halogens is 1. The van der Waals surface area contributed by atoms with Crippen LogP contribution in [-0.2, 0) is 0 Å². The summed E-state index contributed by atoms with van der Waals surface area (Å²) in [5.41, 5.74) is 0.637. The molecule has 2 N–H and O–H groups in total. The normalized spacial score (nSPS) is 10.6. The molecule has 2 rings (SSSR count). The summed E-state index contributed by atoms with van der Waals surface area (Å²) in [6, 6.07) is 7.46. The van der Waals surface area contributed by atoms with Crippen LogP contribution in [0.2, 0.25) is 0 Å². The third-order valence-electron chi connectivity index (χ3n) is 2.12. The van der Waals surface area contributed by atoms with Crippen LogP contribution in [0, 0.1) is 28.5 Å². The molecule has 1 aromatic heterocycles. The van der Waals surface area contributed by atoms with Crippen LogP contribution in [0.5, 0.6) is 0 Å². The average molecular weight is 255 g/mol. The molecule has 0 spiro atoms. The minimum Gasteiger partial charge on any atom is -0.360 e. The number of benzene rings is 1. The van der Waals surface area contributed by atoms with E-state index < -0.39 is 5.82 Å². The van der Waals surface area contributed by atoms with E-state index in [1.54, 1.807) is 0 Å². The quantitative estimate of drug-likeness (QED) is 0.796. The molecule has 0 aliphatic rings. The third-order valence-corrected chi connectivity index (χ3v) is 2.12. The Morgan fingerprint density at radius 3 is 2.84 bits per heavy atom. The highest BCUT2D eigenvalue weighted by Gasteiger charge is 2.06. The number of nitriles is 2. The summed E-state index contributed by atoms with van der Waals surface area (Å²) >= 11 is 0. The van der Waals surface area contributed by atoms with Gasteiger partial charge in [0.25, 0.3) is 0 Å². The summed E-state index contributed by atoms with van der Waals surface area (Å²) in [4.78, 5) is 0. The SMILES string of the molecule is N#CC(=CNc1cc(F)cc(C#N)c1)c1nn[nH]n1. The molecule has 0 aliphatic carbocycles. The van der Waals surface area contributed by atoms with Crippen molar-refractivity contribution in [1.82, 2.24) is 20.6 Å². The van der Waals surface area contributed by atoms with Gasteiger partial charge >= 0.3 is 0 Å². The Hall–Kier alpha value is -3.26. The van der Waals surface area contributed by atoms with Crippen LogP contribution in [0.4, 0.5) is 10.1 Å². The molecule has 1 aromatic carbocycles. The molecule has 0 bridgehead atoms. The fourth-order valence-corrected chi connectivity index (χ4v) is 1.32. The van der Waals surface area contributed by atoms with Gasteiger partial charge < -0.3 is 5.32 Å². The van der Waals surface area contributed by atoms with Gasteiger partial charge in [-0.2, -0.15) is 15.7 Å². The Balaban J connectivity index is 2.25. The number of aromatic nitrogens is 4. The first kappa shape index (κ1) is 12.2. The van der Waals surface area contributed by atoms with Gasteiger partial charge in [0.05, 0.1) is 11.6 Å². The first-order chi connectivity index (χ1) is 9.22. The van der Waals surface area contributed by atoms with E-state index in [4.69, 9.17) is 10.5 Å². The van der Waals surface area contributed by atoms with Crippen molar-refractivity contribution in [3.63, 3.8) is 0 Å². The maximum absolute atomic E-state index is 13.2. The zero-order chi connectivity index (χ0) is 13.7. The molecule has 0 aliphatic heterocycles. The molecule has 7 nitrogen and oxygen atoms in total. The maximum atomic E-state index is 13.2. The van der Waals surface area contributed by atoms with Crippen LogP contribution in [0.1, 0.15) is 11.4 Å². The lowest BCUT2D eigenvalue weighted by molar-refractivity contribution is 0.628. The number of hydrogen-bond donors (Lipinski definition) is 2. The van der Waals surface area contributed by atoms with Crippen molar-refractivity contribution >= 4 is 11.3 Å². The number of anilines is 1. The van der Waals surface area contributed by atoms with Crippen molar-refractivity contribution in [3.05, 3.63) is 41.6 Å². The van der Waals surface area contributed by atoms with E-state index in [0.717, 1.165) is 6.07 Å². The zero-order valence-electron chi connectivity index (χ0n) is 9.42. The number of aromatic amines is 1. The zero-order valence-corrected chi connectivity index (χ0v) is 9.42. The van der Waals surface area contributed by atoms with E-state index in [9.17, 15) is 4.39 Å². The summed E-state index contributed by atoms with van der Waals surface area (Å²) in [6.07, 6.45) is 1.31. The fraction of sp³-hybridized carbons (Fsp3) is 0. The summed E-state index contributed by atoms with van der Waals surface area (Å²) in [7, 11) is 0. The molecule has 8 heteroatoms. The number of rotatable bonds is 3. The molecule has 0 unspecified atom stereocenters. The summed E-state index contributed by atoms with van der Waals surface area (Å²) < 4.78 is 13.2. The lowest BCUT2D eigenvalue weighted by atomic mass is 10.2. The summed E-state index contributed by atoms with van der Waals surface area (Å²) in [6.45, 7) is 0. The Labute approximate surface area is 107 Å². The Morgan fingerprint density at radius 1 is 1.37 bits per heavy atom. The third kappa shape index (κ3) is 2.90. The molecular formula is C11H6FN7. The molecule has 2 aromatic rings. The van der Waals surface area contributed by atoms with Gasteiger partial charge in [0.15, 0.2) is 0 Å². The van der Waals surface area contributed by atoms with Crippen molar-refractivity contribution in [2.75, 3.05) is 5.32 Å². The van der Waals surface area contributed by atoms with E-state index in [1.807, 2.05) is 12.1 Å². The second kappa shape index (κ2) is 5.38. The second-order valence-corrected chi connectivity index (χ2v) is 3.39. The number of H-pyrrole nitrogens is 1. The molecular weight excluding hydrogens is 249 g/mol. The standard InChI is InChI=1S/C11H6FN7/c12-9-1-7(4-13)2-10(3-9)15-6-8(5-14)11-16-18-19-17-11/h1-3,6,15H,(H,16,17,18,19). The number of nitrogens with one attached hydrogen (secondary N) is 2. The van der Waals surface area contributed by atoms with E-state index in [2.05, 4.69) is 25.9 Å². The highest BCUT2D eigenvalue weighted by Crippen LogP contribution is 2.15. The van der Waals surface area contributed by atoms with E-state index in [-0.39, 0.29) is 17.0 Å². The van der Waals surface area contributed by atoms with Crippen molar-refractivity contribution in [1.29, 1.82) is 10.5 Å². The summed E-state index contributed by atoms with van der Waals surface area (Å²) in [5, 5.41) is 33.2. The Kier molecular flexibility index (Phi) is 3.46. The Morgan fingerprint density at radius 2 is 2.21 bits per heavy atom. The molecule has 1 heterocycles. The molecule has 0 amide bonds. The number of hydrogen-bond acceptors (Lipinski definition) is 6. The predicted octanol–water partition coefficient (Wildman–Crippen LogP) is 1.19. The van der Waals surface area contributed by atoms with Gasteiger partial charge in [0, 0.05) is 11.9 Å². The van der Waals surface area contributed by atoms with E-state index in [0.29, 0.717) is 5.69 Å². The van der Waals surface area contributed by atoms with Gasteiger partial charge in [-0.05, 0) is 23.4 Å². The lowest BCUT2D eigenvalue weighted by Gasteiger charge is -2.02. The molecule has 0 fully saturated rings. The predicted molar refractivity (Wildman–Crippen MR) is 62.5 cm³/mol. The van der Waals surface area contributed by atoms with Gasteiger partial charge in [0.1, 0.15) is 17.5 Å². The average Bonchev–Trinajstić information content (AvgIpc) is 2.93. The largest absolute Gasteiger partial charge is 0.360 e. The van der Waals surface area contributed by atoms with Crippen LogP contribution in [-0.4, -0.2) is 20.6 Å². The molecule has 92 valence electrons. The number of allylic oxidation sites excluding steroid dienone is 1. The van der Waals surface area contributed by atoms with Crippen LogP contribution in [0.3, 0.4) is 0 Å². The highest BCUT2D eigenvalue weighted by atomic mass is 19.1. The van der Waals surface area contributed by atoms with Gasteiger partial charge in [-0.3, -0.25) is 0 Å². The van der Waals surface area contributed by atoms with Crippen molar-refractivity contribution < 1.29 is 4.39 Å². The smallest absolute Gasteiger partial charge is 0.216 e. The molecule has 0 atom stereocenters. The number of nitrogens with zero attached hydrogens (tertiary/aromatic N) is 5. The van der Waals surface area contributed by atoms with Crippen LogP contribution < -0.4 is 5.32 Å². The van der Waals surface area contributed by atoms with Crippen LogP contribution in [0.25, 0.3) is 5.57 Å². The second-order valence-electron chi connectivity index (χ2n) is 3.39. The van der Waals surface area contributed by atoms with Crippen molar-refractivity contribution in [3.8, 4) is 12.1 Å². The van der Waals surface area contributed by atoms with Gasteiger partial charge in [-0.15, -0.1) is 10.2 Å². The van der Waals surface area contributed by atoms with E-state index in [1.165, 1.54) is 18.3 Å². The minimum absolute atomic E-state index is 0.118. The van der Waals surface area contributed by atoms with Crippen LogP contribution >= 0.6 is 0 Å². The van der Waals surface area contributed by atoms with Gasteiger partial charge in [0.2, 0.25) is 5.82 Å². The molecule has 0 radical (unpaired) electrons. The highest BCUT2D eigenvalue weighted by molar-refractivity contribution is 5.74. The number of tetrazole rings is 1. The minimum atomic E-state index is -0.548. The maximum Gasteiger partial charge on any atom is 0.216 e. The Bertz CT molecular complexity index is 691. The van der Waals surface area contributed by atoms with Crippen molar-refractivity contribution in [2.45, 2.75) is 0 Å². The molecule has 0 saturated heterocycles. The van der Waals surface area contributed by atoms with Crippen molar-refractivity contribution in [2.24, 2.45) is 0 Å². The lowest BCUT2D eigenvalue weighted by Crippen LogP contribution is -1.94. The molecule has 19 heavy (non-hydrogen) atoms. The first-order valence-corrected chi connectivity index (χ1v) is 5.04. The monoisotopic (exact) mass is 255 g/mol. The molecule has 0 saturated carbocycles.